The highest BCUT2D eigenvalue weighted by molar-refractivity contribution is 6.30. The van der Waals surface area contributed by atoms with Crippen molar-refractivity contribution in [3.63, 3.8) is 0 Å². The Balaban J connectivity index is 2.58. The van der Waals surface area contributed by atoms with Crippen LogP contribution in [0.4, 0.5) is 0 Å². The molecule has 0 radical (unpaired) electrons. The van der Waals surface area contributed by atoms with Gasteiger partial charge in [0.05, 0.1) is 12.5 Å². The molecule has 0 aliphatic carbocycles. The summed E-state index contributed by atoms with van der Waals surface area (Å²) in [5, 5.41) is 0.698. The number of hydrogen-bond acceptors (Lipinski definition) is 2. The van der Waals surface area contributed by atoms with Crippen molar-refractivity contribution in [2.75, 3.05) is 6.61 Å². The maximum atomic E-state index is 11.4. The molecule has 1 rings (SSSR count). The second-order valence-corrected chi connectivity index (χ2v) is 3.92. The number of benzene rings is 1. The molecule has 2 nitrogen and oxygen atoms in total. The zero-order valence-electron chi connectivity index (χ0n) is 9.00. The van der Waals surface area contributed by atoms with Crippen LogP contribution in [-0.2, 0) is 16.0 Å². The van der Waals surface area contributed by atoms with E-state index in [4.69, 9.17) is 16.3 Å². The highest BCUT2D eigenvalue weighted by atomic mass is 35.5. The zero-order chi connectivity index (χ0) is 11.3. The fourth-order valence-corrected chi connectivity index (χ4v) is 1.60. The maximum absolute atomic E-state index is 11.4. The van der Waals surface area contributed by atoms with Gasteiger partial charge in [-0.15, -0.1) is 0 Å². The molecule has 0 aromatic heterocycles. The summed E-state index contributed by atoms with van der Waals surface area (Å²) in [6.45, 7) is 4.10. The summed E-state index contributed by atoms with van der Waals surface area (Å²) in [5.74, 6) is -0.277. The average Bonchev–Trinajstić information content (AvgIpc) is 2.18. The first kappa shape index (κ1) is 12.1. The Morgan fingerprint density at radius 1 is 1.53 bits per heavy atom. The van der Waals surface area contributed by atoms with E-state index < -0.39 is 0 Å². The molecule has 0 aliphatic heterocycles. The van der Waals surface area contributed by atoms with Crippen LogP contribution in [0.25, 0.3) is 0 Å². The van der Waals surface area contributed by atoms with Gasteiger partial charge in [0.25, 0.3) is 0 Å². The van der Waals surface area contributed by atoms with Crippen LogP contribution >= 0.6 is 11.6 Å². The summed E-state index contributed by atoms with van der Waals surface area (Å²) >= 11 is 5.85. The van der Waals surface area contributed by atoms with Gasteiger partial charge in [-0.05, 0) is 31.0 Å². The number of carbonyl (C=O) groups is 1. The van der Waals surface area contributed by atoms with Gasteiger partial charge in [0.15, 0.2) is 0 Å². The predicted octanol–water partition coefficient (Wildman–Crippen LogP) is 3.08. The fraction of sp³-hybridized carbons (Fsp3) is 0.417. The predicted molar refractivity (Wildman–Crippen MR) is 61.0 cm³/mol. The van der Waals surface area contributed by atoms with Crippen molar-refractivity contribution in [3.05, 3.63) is 34.9 Å². The third-order valence-corrected chi connectivity index (χ3v) is 2.35. The van der Waals surface area contributed by atoms with Gasteiger partial charge >= 0.3 is 5.97 Å². The maximum Gasteiger partial charge on any atom is 0.308 e. The molecule has 82 valence electrons. The van der Waals surface area contributed by atoms with Crippen LogP contribution in [0.3, 0.4) is 0 Å². The van der Waals surface area contributed by atoms with E-state index >= 15 is 0 Å². The van der Waals surface area contributed by atoms with Gasteiger partial charge in [-0.3, -0.25) is 4.79 Å². The molecule has 1 unspecified atom stereocenters. The molecule has 15 heavy (non-hydrogen) atoms. The van der Waals surface area contributed by atoms with Crippen molar-refractivity contribution in [2.24, 2.45) is 5.92 Å². The van der Waals surface area contributed by atoms with Crippen molar-refractivity contribution < 1.29 is 9.53 Å². The van der Waals surface area contributed by atoms with Crippen LogP contribution < -0.4 is 0 Å². The number of esters is 1. The van der Waals surface area contributed by atoms with Gasteiger partial charge in [-0.2, -0.15) is 0 Å². The molecule has 0 N–H and O–H groups in total. The Bertz CT molecular complexity index is 336. The van der Waals surface area contributed by atoms with Crippen molar-refractivity contribution in [1.29, 1.82) is 0 Å². The molecule has 0 spiro atoms. The smallest absolute Gasteiger partial charge is 0.308 e. The van der Waals surface area contributed by atoms with E-state index in [1.54, 1.807) is 0 Å². The Hall–Kier alpha value is -1.02. The number of hydrogen-bond donors (Lipinski definition) is 0. The van der Waals surface area contributed by atoms with Crippen molar-refractivity contribution >= 4 is 17.6 Å². The number of carbonyl (C=O) groups excluding carboxylic acids is 1. The lowest BCUT2D eigenvalue weighted by atomic mass is 10.0. The molecule has 0 fully saturated rings. The largest absolute Gasteiger partial charge is 0.466 e. The molecule has 0 bridgehead atoms. The average molecular weight is 227 g/mol. The zero-order valence-corrected chi connectivity index (χ0v) is 9.75. The molecule has 1 atom stereocenters. The topological polar surface area (TPSA) is 26.3 Å². The lowest BCUT2D eigenvalue weighted by Crippen LogP contribution is -2.16. The molecule has 0 amide bonds. The standard InChI is InChI=1S/C12H15ClO2/c1-3-15-12(14)9(2)7-10-5-4-6-11(13)8-10/h4-6,8-9H,3,7H2,1-2H3. The normalized spacial score (nSPS) is 12.2. The lowest BCUT2D eigenvalue weighted by Gasteiger charge is -2.10. The van der Waals surface area contributed by atoms with Crippen molar-refractivity contribution in [3.8, 4) is 0 Å². The van der Waals surface area contributed by atoms with E-state index in [9.17, 15) is 4.79 Å². The van der Waals surface area contributed by atoms with Crippen LogP contribution in [0, 0.1) is 5.92 Å². The van der Waals surface area contributed by atoms with Gasteiger partial charge < -0.3 is 4.74 Å². The third kappa shape index (κ3) is 3.92. The van der Waals surface area contributed by atoms with Crippen LogP contribution in [-0.4, -0.2) is 12.6 Å². The van der Waals surface area contributed by atoms with Gasteiger partial charge in [-0.1, -0.05) is 30.7 Å². The Morgan fingerprint density at radius 3 is 2.87 bits per heavy atom. The Kier molecular flexibility index (Phi) is 4.63. The van der Waals surface area contributed by atoms with Crippen LogP contribution in [0.2, 0.25) is 5.02 Å². The summed E-state index contributed by atoms with van der Waals surface area (Å²) in [6.07, 6.45) is 0.666. The summed E-state index contributed by atoms with van der Waals surface area (Å²) < 4.78 is 4.93. The van der Waals surface area contributed by atoms with Crippen molar-refractivity contribution in [1.82, 2.24) is 0 Å². The monoisotopic (exact) mass is 226 g/mol. The minimum absolute atomic E-state index is 0.122. The SMILES string of the molecule is CCOC(=O)C(C)Cc1cccc(Cl)c1. The second-order valence-electron chi connectivity index (χ2n) is 3.49. The highest BCUT2D eigenvalue weighted by Gasteiger charge is 2.14. The van der Waals surface area contributed by atoms with Gasteiger partial charge in [0, 0.05) is 5.02 Å². The van der Waals surface area contributed by atoms with Crippen LogP contribution in [0.1, 0.15) is 19.4 Å². The lowest BCUT2D eigenvalue weighted by molar-refractivity contribution is -0.147. The molecular weight excluding hydrogens is 212 g/mol. The molecule has 0 saturated carbocycles. The number of halogens is 1. The quantitative estimate of drug-likeness (QED) is 0.738. The Labute approximate surface area is 95.2 Å². The third-order valence-electron chi connectivity index (χ3n) is 2.12. The number of ether oxygens (including phenoxy) is 1. The fourth-order valence-electron chi connectivity index (χ4n) is 1.39. The molecule has 1 aromatic carbocycles. The van der Waals surface area contributed by atoms with Crippen LogP contribution in [0.5, 0.6) is 0 Å². The van der Waals surface area contributed by atoms with Crippen molar-refractivity contribution in [2.45, 2.75) is 20.3 Å². The molecule has 0 saturated heterocycles. The van der Waals surface area contributed by atoms with E-state index in [1.165, 1.54) is 0 Å². The van der Waals surface area contributed by atoms with E-state index in [0.29, 0.717) is 18.1 Å². The molecule has 3 heteroatoms. The summed E-state index contributed by atoms with van der Waals surface area (Å²) in [5.41, 5.74) is 1.06. The minimum atomic E-state index is -0.155. The molecule has 0 aliphatic rings. The summed E-state index contributed by atoms with van der Waals surface area (Å²) in [4.78, 5) is 11.4. The summed E-state index contributed by atoms with van der Waals surface area (Å²) in [6, 6.07) is 7.54. The highest BCUT2D eigenvalue weighted by Crippen LogP contribution is 2.15. The molecule has 0 heterocycles. The summed E-state index contributed by atoms with van der Waals surface area (Å²) in [7, 11) is 0. The van der Waals surface area contributed by atoms with Crippen LogP contribution in [0.15, 0.2) is 24.3 Å². The van der Waals surface area contributed by atoms with E-state index in [2.05, 4.69) is 0 Å². The van der Waals surface area contributed by atoms with E-state index in [1.807, 2.05) is 38.1 Å². The molecular formula is C12H15ClO2. The second kappa shape index (κ2) is 5.76. The van der Waals surface area contributed by atoms with E-state index in [-0.39, 0.29) is 11.9 Å². The molecule has 1 aromatic rings. The minimum Gasteiger partial charge on any atom is -0.466 e. The first-order chi connectivity index (χ1) is 7.13. The van der Waals surface area contributed by atoms with E-state index in [0.717, 1.165) is 5.56 Å². The van der Waals surface area contributed by atoms with Gasteiger partial charge in [0.1, 0.15) is 0 Å². The van der Waals surface area contributed by atoms with Gasteiger partial charge in [0.2, 0.25) is 0 Å². The first-order valence-electron chi connectivity index (χ1n) is 5.04. The number of rotatable bonds is 4. The first-order valence-corrected chi connectivity index (χ1v) is 5.42. The van der Waals surface area contributed by atoms with Gasteiger partial charge in [-0.25, -0.2) is 0 Å². The Morgan fingerprint density at radius 2 is 2.27 bits per heavy atom.